The van der Waals surface area contributed by atoms with Crippen LogP contribution in [0.1, 0.15) is 76.7 Å². The van der Waals surface area contributed by atoms with Gasteiger partial charge in [0.2, 0.25) is 11.6 Å². The van der Waals surface area contributed by atoms with E-state index in [0.717, 1.165) is 53.8 Å². The zero-order valence-electron chi connectivity index (χ0n) is 21.5. The first-order valence-electron chi connectivity index (χ1n) is 14.3. The van der Waals surface area contributed by atoms with Crippen LogP contribution in [0.15, 0.2) is 44.8 Å². The number of aromatic amines is 1. The smallest absolute Gasteiger partial charge is 0.300 e. The number of hydrogen-bond acceptors (Lipinski definition) is 5. The molecule has 38 heavy (non-hydrogen) atoms. The van der Waals surface area contributed by atoms with Crippen LogP contribution in [-0.2, 0) is 0 Å². The van der Waals surface area contributed by atoms with Crippen molar-refractivity contribution in [3.05, 3.63) is 67.5 Å². The first-order valence-corrected chi connectivity index (χ1v) is 14.3. The third-order valence-electron chi connectivity index (χ3n) is 9.80. The summed E-state index contributed by atoms with van der Waals surface area (Å²) in [4.78, 5) is 47.4. The van der Waals surface area contributed by atoms with Crippen LogP contribution in [0.4, 0.5) is 4.39 Å². The van der Waals surface area contributed by atoms with Crippen molar-refractivity contribution in [2.24, 2.45) is 11.8 Å². The normalized spacial score (nSPS) is 31.4. The topological polar surface area (TPSA) is 93.0 Å². The Hall–Kier alpha value is -3.07. The molecule has 2 saturated carbocycles. The number of hydrogen-bond donors (Lipinski definition) is 1. The van der Waals surface area contributed by atoms with Gasteiger partial charge in [-0.25, -0.2) is 14.3 Å². The van der Waals surface area contributed by atoms with E-state index in [1.54, 1.807) is 10.6 Å². The molecule has 4 unspecified atom stereocenters. The number of nitrogens with one attached hydrogen (secondary N) is 1. The monoisotopic (exact) mass is 519 g/mol. The van der Waals surface area contributed by atoms with Crippen LogP contribution in [0.5, 0.6) is 0 Å². The van der Waals surface area contributed by atoms with Gasteiger partial charge in [0, 0.05) is 24.2 Å². The Labute approximate surface area is 219 Å². The molecule has 0 spiro atoms. The van der Waals surface area contributed by atoms with Gasteiger partial charge in [0.05, 0.1) is 17.2 Å². The van der Waals surface area contributed by atoms with E-state index in [1.807, 2.05) is 23.2 Å². The third kappa shape index (κ3) is 3.97. The molecule has 4 bridgehead atoms. The average Bonchev–Trinajstić information content (AvgIpc) is 2.89. The number of aromatic nitrogens is 4. The Morgan fingerprint density at radius 3 is 2.24 bits per heavy atom. The van der Waals surface area contributed by atoms with Crippen molar-refractivity contribution in [3.63, 3.8) is 0 Å². The molecule has 2 saturated heterocycles. The van der Waals surface area contributed by atoms with Crippen molar-refractivity contribution in [1.29, 1.82) is 0 Å². The first kappa shape index (κ1) is 24.0. The van der Waals surface area contributed by atoms with Gasteiger partial charge in [-0.3, -0.25) is 19.5 Å². The van der Waals surface area contributed by atoms with Crippen LogP contribution < -0.4 is 16.8 Å². The van der Waals surface area contributed by atoms with Gasteiger partial charge < -0.3 is 4.57 Å². The van der Waals surface area contributed by atoms with E-state index < -0.39 is 22.6 Å². The molecule has 4 heterocycles. The van der Waals surface area contributed by atoms with E-state index >= 15 is 0 Å². The summed E-state index contributed by atoms with van der Waals surface area (Å²) in [6.45, 7) is 0. The number of halogens is 1. The van der Waals surface area contributed by atoms with Crippen LogP contribution in [0.25, 0.3) is 16.9 Å². The maximum atomic E-state index is 14.2. The summed E-state index contributed by atoms with van der Waals surface area (Å²) in [5, 5.41) is 0. The SMILES string of the molecule is O=c1[nH]c(=O)n(-c2nc3ccccc3n(C3CC4CCCC(C3)N4C3CC4CCCC(C4)C3)c2=O)cc1F. The molecule has 3 aromatic rings. The van der Waals surface area contributed by atoms with Crippen molar-refractivity contribution in [2.45, 2.75) is 94.8 Å². The predicted molar refractivity (Wildman–Crippen MR) is 142 cm³/mol. The lowest BCUT2D eigenvalue weighted by molar-refractivity contribution is -0.0485. The van der Waals surface area contributed by atoms with Gasteiger partial charge in [-0.2, -0.15) is 4.39 Å². The van der Waals surface area contributed by atoms with Crippen LogP contribution in [0.3, 0.4) is 0 Å². The summed E-state index contributed by atoms with van der Waals surface area (Å²) in [6, 6.07) is 8.92. The molecule has 0 radical (unpaired) electrons. The zero-order chi connectivity index (χ0) is 26.0. The summed E-state index contributed by atoms with van der Waals surface area (Å²) in [6.07, 6.45) is 14.2. The predicted octanol–water partition coefficient (Wildman–Crippen LogP) is 3.90. The second-order valence-corrected chi connectivity index (χ2v) is 12.0. The highest BCUT2D eigenvalue weighted by atomic mass is 19.1. The van der Waals surface area contributed by atoms with Crippen molar-refractivity contribution in [3.8, 4) is 5.82 Å². The lowest BCUT2D eigenvalue weighted by atomic mass is 9.68. The van der Waals surface area contributed by atoms with Crippen molar-refractivity contribution >= 4 is 11.0 Å². The Balaban J connectivity index is 1.29. The average molecular weight is 520 g/mol. The molecule has 4 fully saturated rings. The molecule has 2 aliphatic carbocycles. The standard InChI is InChI=1S/C29H34FN5O3/c30-23-16-33(29(38)32-27(23)36)26-28(37)35(25-10-2-1-9-24(25)31-26)22-14-19-7-4-8-20(15-22)34(19)21-12-17-5-3-6-18(11-17)13-21/h1-2,9-10,16-22H,3-8,11-15H2,(H,32,36,38). The van der Waals surface area contributed by atoms with Crippen LogP contribution in [0.2, 0.25) is 0 Å². The third-order valence-corrected chi connectivity index (χ3v) is 9.80. The number of nitrogens with zero attached hydrogens (tertiary/aromatic N) is 4. The molecular weight excluding hydrogens is 485 g/mol. The summed E-state index contributed by atoms with van der Waals surface area (Å²) in [5.41, 5.74) is -1.13. The first-order chi connectivity index (χ1) is 18.5. The summed E-state index contributed by atoms with van der Waals surface area (Å²) >= 11 is 0. The summed E-state index contributed by atoms with van der Waals surface area (Å²) < 4.78 is 16.8. The largest absolute Gasteiger partial charge is 0.334 e. The minimum Gasteiger partial charge on any atom is -0.300 e. The fourth-order valence-electron chi connectivity index (χ4n) is 8.40. The molecule has 7 rings (SSSR count). The second-order valence-electron chi connectivity index (χ2n) is 12.0. The second kappa shape index (κ2) is 9.29. The van der Waals surface area contributed by atoms with E-state index in [1.165, 1.54) is 44.9 Å². The van der Waals surface area contributed by atoms with E-state index in [4.69, 9.17) is 0 Å². The molecule has 2 aliphatic heterocycles. The molecule has 1 aromatic carbocycles. The number of rotatable bonds is 3. The van der Waals surface area contributed by atoms with E-state index in [0.29, 0.717) is 23.6 Å². The Kier molecular flexibility index (Phi) is 5.87. The maximum absolute atomic E-state index is 14.2. The molecule has 4 atom stereocenters. The number of fused-ring (bicyclic) bond motifs is 5. The van der Waals surface area contributed by atoms with Gasteiger partial charge in [0.15, 0.2) is 0 Å². The number of piperidine rings is 2. The highest BCUT2D eigenvalue weighted by Gasteiger charge is 2.45. The molecular formula is C29H34FN5O3. The summed E-state index contributed by atoms with van der Waals surface area (Å²) in [7, 11) is 0. The lowest BCUT2D eigenvalue weighted by Gasteiger charge is -2.55. The van der Waals surface area contributed by atoms with Crippen LogP contribution in [-0.4, -0.2) is 42.1 Å². The van der Waals surface area contributed by atoms with Crippen molar-refractivity contribution < 1.29 is 4.39 Å². The van der Waals surface area contributed by atoms with E-state index in [-0.39, 0.29) is 11.9 Å². The van der Waals surface area contributed by atoms with E-state index in [9.17, 15) is 18.8 Å². The quantitative estimate of drug-likeness (QED) is 0.567. The van der Waals surface area contributed by atoms with Gasteiger partial charge >= 0.3 is 5.69 Å². The maximum Gasteiger partial charge on any atom is 0.334 e. The molecule has 9 heteroatoms. The molecule has 0 amide bonds. The minimum atomic E-state index is -1.13. The van der Waals surface area contributed by atoms with Gasteiger partial charge in [-0.05, 0) is 68.9 Å². The van der Waals surface area contributed by atoms with Crippen LogP contribution >= 0.6 is 0 Å². The highest BCUT2D eigenvalue weighted by Crippen LogP contribution is 2.47. The Bertz CT molecular complexity index is 1530. The molecule has 8 nitrogen and oxygen atoms in total. The number of para-hydroxylation sites is 2. The molecule has 2 aromatic heterocycles. The fraction of sp³-hybridized carbons (Fsp3) is 0.586. The van der Waals surface area contributed by atoms with Crippen LogP contribution in [0, 0.1) is 17.7 Å². The number of H-pyrrole nitrogens is 1. The van der Waals surface area contributed by atoms with Gasteiger partial charge in [0.1, 0.15) is 0 Å². The van der Waals surface area contributed by atoms with E-state index in [2.05, 4.69) is 9.88 Å². The van der Waals surface area contributed by atoms with Crippen molar-refractivity contribution in [2.75, 3.05) is 0 Å². The lowest BCUT2D eigenvalue weighted by Crippen LogP contribution is -2.58. The van der Waals surface area contributed by atoms with Crippen molar-refractivity contribution in [1.82, 2.24) is 24.0 Å². The Morgan fingerprint density at radius 1 is 0.816 bits per heavy atom. The zero-order valence-corrected chi connectivity index (χ0v) is 21.5. The molecule has 200 valence electrons. The Morgan fingerprint density at radius 2 is 1.50 bits per heavy atom. The highest BCUT2D eigenvalue weighted by molar-refractivity contribution is 5.75. The molecule has 4 aliphatic rings. The van der Waals surface area contributed by atoms with Gasteiger partial charge in [-0.15, -0.1) is 0 Å². The molecule has 1 N–H and O–H groups in total. The number of benzene rings is 1. The van der Waals surface area contributed by atoms with Gasteiger partial charge in [0.25, 0.3) is 11.1 Å². The summed E-state index contributed by atoms with van der Waals surface area (Å²) in [5.74, 6) is 0.426. The fourth-order valence-corrected chi connectivity index (χ4v) is 8.40. The van der Waals surface area contributed by atoms with Gasteiger partial charge in [-0.1, -0.05) is 37.8 Å². The minimum absolute atomic E-state index is 0.0351.